The van der Waals surface area contributed by atoms with Gasteiger partial charge in [0.05, 0.1) is 31.0 Å². The molecule has 1 aliphatic rings. The van der Waals surface area contributed by atoms with Crippen molar-refractivity contribution in [3.8, 4) is 0 Å². The van der Waals surface area contributed by atoms with Gasteiger partial charge in [-0.15, -0.1) is 0 Å². The largest absolute Gasteiger partial charge is 0.419 e. The van der Waals surface area contributed by atoms with Gasteiger partial charge in [0.2, 0.25) is 0 Å². The van der Waals surface area contributed by atoms with Crippen LogP contribution in [0, 0.1) is 6.92 Å². The van der Waals surface area contributed by atoms with Crippen molar-refractivity contribution in [1.29, 1.82) is 0 Å². The minimum Gasteiger partial charge on any atom is -0.373 e. The predicted octanol–water partition coefficient (Wildman–Crippen LogP) is 2.51. The van der Waals surface area contributed by atoms with E-state index in [9.17, 15) is 13.2 Å². The SMILES string of the molecule is Cc1cnn(CC2CN(c3ncccc3C(F)(F)F)CCO2)c1. The standard InChI is InChI=1S/C15H17F3N4O/c1-11-7-20-22(8-11)10-12-9-21(5-6-23-12)14-13(15(16,17)18)3-2-4-19-14/h2-4,7-8,12H,5-6,9-10H2,1H3. The molecule has 0 aliphatic carbocycles. The van der Waals surface area contributed by atoms with Gasteiger partial charge in [0.15, 0.2) is 0 Å². The van der Waals surface area contributed by atoms with Crippen LogP contribution in [-0.4, -0.2) is 40.6 Å². The smallest absolute Gasteiger partial charge is 0.373 e. The molecule has 2 aromatic heterocycles. The van der Waals surface area contributed by atoms with E-state index in [4.69, 9.17) is 4.74 Å². The number of aryl methyl sites for hydroxylation is 1. The number of nitrogens with zero attached hydrogens (tertiary/aromatic N) is 4. The normalized spacial score (nSPS) is 19.1. The van der Waals surface area contributed by atoms with Crippen LogP contribution in [0.1, 0.15) is 11.1 Å². The van der Waals surface area contributed by atoms with Crippen molar-refractivity contribution in [3.05, 3.63) is 41.9 Å². The number of pyridine rings is 1. The minimum atomic E-state index is -4.42. The van der Waals surface area contributed by atoms with E-state index in [2.05, 4.69) is 10.1 Å². The lowest BCUT2D eigenvalue weighted by molar-refractivity contribution is -0.137. The maximum absolute atomic E-state index is 13.1. The van der Waals surface area contributed by atoms with E-state index in [-0.39, 0.29) is 11.9 Å². The molecule has 0 amide bonds. The first-order valence-electron chi connectivity index (χ1n) is 7.31. The van der Waals surface area contributed by atoms with Crippen molar-refractivity contribution in [2.24, 2.45) is 0 Å². The third kappa shape index (κ3) is 3.64. The summed E-state index contributed by atoms with van der Waals surface area (Å²) in [6.45, 7) is 3.52. The molecular weight excluding hydrogens is 309 g/mol. The number of morpholine rings is 1. The Morgan fingerprint density at radius 3 is 2.91 bits per heavy atom. The van der Waals surface area contributed by atoms with Crippen LogP contribution in [0.2, 0.25) is 0 Å². The van der Waals surface area contributed by atoms with Crippen LogP contribution in [0.15, 0.2) is 30.7 Å². The number of anilines is 1. The summed E-state index contributed by atoms with van der Waals surface area (Å²) >= 11 is 0. The molecule has 3 rings (SSSR count). The molecule has 8 heteroatoms. The van der Waals surface area contributed by atoms with Crippen molar-refractivity contribution >= 4 is 5.82 Å². The summed E-state index contributed by atoms with van der Waals surface area (Å²) in [5, 5.41) is 4.19. The molecule has 0 N–H and O–H groups in total. The first-order valence-corrected chi connectivity index (χ1v) is 7.31. The van der Waals surface area contributed by atoms with Gasteiger partial charge in [0.1, 0.15) is 5.82 Å². The molecule has 1 atom stereocenters. The highest BCUT2D eigenvalue weighted by atomic mass is 19.4. The molecule has 0 saturated carbocycles. The Balaban J connectivity index is 1.76. The van der Waals surface area contributed by atoms with Gasteiger partial charge in [-0.1, -0.05) is 0 Å². The van der Waals surface area contributed by atoms with Crippen LogP contribution >= 0.6 is 0 Å². The number of hydrogen-bond donors (Lipinski definition) is 0. The Hall–Kier alpha value is -2.09. The van der Waals surface area contributed by atoms with E-state index in [0.29, 0.717) is 26.2 Å². The maximum Gasteiger partial charge on any atom is 0.419 e. The van der Waals surface area contributed by atoms with Crippen LogP contribution < -0.4 is 4.90 Å². The molecule has 1 fully saturated rings. The number of ether oxygens (including phenoxy) is 1. The highest BCUT2D eigenvalue weighted by molar-refractivity contribution is 5.48. The zero-order chi connectivity index (χ0) is 16.4. The van der Waals surface area contributed by atoms with Gasteiger partial charge in [-0.2, -0.15) is 18.3 Å². The van der Waals surface area contributed by atoms with E-state index < -0.39 is 11.7 Å². The fourth-order valence-electron chi connectivity index (χ4n) is 2.67. The Morgan fingerprint density at radius 2 is 2.22 bits per heavy atom. The summed E-state index contributed by atoms with van der Waals surface area (Å²) in [6.07, 6.45) is 0.347. The average molecular weight is 326 g/mol. The second-order valence-corrected chi connectivity index (χ2v) is 5.55. The van der Waals surface area contributed by atoms with Crippen LogP contribution in [0.25, 0.3) is 0 Å². The minimum absolute atomic E-state index is 0.0371. The second-order valence-electron chi connectivity index (χ2n) is 5.55. The fraction of sp³-hybridized carbons (Fsp3) is 0.467. The van der Waals surface area contributed by atoms with Crippen molar-refractivity contribution < 1.29 is 17.9 Å². The van der Waals surface area contributed by atoms with Gasteiger partial charge < -0.3 is 9.64 Å². The monoisotopic (exact) mass is 326 g/mol. The molecule has 1 aliphatic heterocycles. The Bertz CT molecular complexity index is 671. The quantitative estimate of drug-likeness (QED) is 0.869. The molecule has 124 valence electrons. The van der Waals surface area contributed by atoms with E-state index in [1.807, 2.05) is 13.1 Å². The molecule has 3 heterocycles. The lowest BCUT2D eigenvalue weighted by atomic mass is 10.2. The van der Waals surface area contributed by atoms with Gasteiger partial charge in [-0.05, 0) is 24.6 Å². The van der Waals surface area contributed by atoms with Crippen LogP contribution in [-0.2, 0) is 17.5 Å². The average Bonchev–Trinajstić information content (AvgIpc) is 2.92. The third-order valence-electron chi connectivity index (χ3n) is 3.68. The molecule has 1 unspecified atom stereocenters. The zero-order valence-corrected chi connectivity index (χ0v) is 12.6. The Kier molecular flexibility index (Phi) is 4.25. The number of rotatable bonds is 3. The Labute approximate surface area is 131 Å². The fourth-order valence-corrected chi connectivity index (χ4v) is 2.67. The topological polar surface area (TPSA) is 43.2 Å². The molecule has 0 radical (unpaired) electrons. The van der Waals surface area contributed by atoms with E-state index in [1.165, 1.54) is 12.3 Å². The third-order valence-corrected chi connectivity index (χ3v) is 3.68. The summed E-state index contributed by atoms with van der Waals surface area (Å²) in [4.78, 5) is 5.57. The van der Waals surface area contributed by atoms with Crippen molar-refractivity contribution in [2.75, 3.05) is 24.6 Å². The van der Waals surface area contributed by atoms with Crippen LogP contribution in [0.3, 0.4) is 0 Å². The van der Waals surface area contributed by atoms with Crippen molar-refractivity contribution in [2.45, 2.75) is 25.7 Å². The van der Waals surface area contributed by atoms with E-state index in [1.54, 1.807) is 15.8 Å². The van der Waals surface area contributed by atoms with E-state index >= 15 is 0 Å². The summed E-state index contributed by atoms with van der Waals surface area (Å²) < 4.78 is 46.8. The van der Waals surface area contributed by atoms with Crippen molar-refractivity contribution in [3.63, 3.8) is 0 Å². The highest BCUT2D eigenvalue weighted by Gasteiger charge is 2.36. The molecular formula is C15H17F3N4O. The predicted molar refractivity (Wildman–Crippen MR) is 78.2 cm³/mol. The maximum atomic E-state index is 13.1. The molecule has 0 bridgehead atoms. The van der Waals surface area contributed by atoms with Crippen molar-refractivity contribution in [1.82, 2.24) is 14.8 Å². The number of halogens is 3. The summed E-state index contributed by atoms with van der Waals surface area (Å²) in [5.74, 6) is -0.0371. The summed E-state index contributed by atoms with van der Waals surface area (Å²) in [5.41, 5.74) is 0.317. The molecule has 2 aromatic rings. The van der Waals surface area contributed by atoms with Gasteiger partial charge >= 0.3 is 6.18 Å². The molecule has 1 saturated heterocycles. The summed E-state index contributed by atoms with van der Waals surface area (Å²) in [6, 6.07) is 2.36. The zero-order valence-electron chi connectivity index (χ0n) is 12.6. The first-order chi connectivity index (χ1) is 10.9. The first kappa shape index (κ1) is 15.8. The second kappa shape index (κ2) is 6.19. The lowest BCUT2D eigenvalue weighted by Crippen LogP contribution is -2.45. The molecule has 5 nitrogen and oxygen atoms in total. The van der Waals surface area contributed by atoms with Gasteiger partial charge in [0, 0.05) is 25.5 Å². The number of alkyl halides is 3. The van der Waals surface area contributed by atoms with E-state index in [0.717, 1.165) is 11.6 Å². The lowest BCUT2D eigenvalue weighted by Gasteiger charge is -2.34. The van der Waals surface area contributed by atoms with Gasteiger partial charge in [-0.25, -0.2) is 4.98 Å². The Morgan fingerprint density at radius 1 is 1.39 bits per heavy atom. The van der Waals surface area contributed by atoms with Crippen LogP contribution in [0.4, 0.5) is 19.0 Å². The summed E-state index contributed by atoms with van der Waals surface area (Å²) in [7, 11) is 0. The molecule has 0 aromatic carbocycles. The van der Waals surface area contributed by atoms with Gasteiger partial charge in [-0.3, -0.25) is 4.68 Å². The van der Waals surface area contributed by atoms with Crippen LogP contribution in [0.5, 0.6) is 0 Å². The molecule has 0 spiro atoms. The van der Waals surface area contributed by atoms with Gasteiger partial charge in [0.25, 0.3) is 0 Å². The molecule has 23 heavy (non-hydrogen) atoms. The number of hydrogen-bond acceptors (Lipinski definition) is 4. The highest BCUT2D eigenvalue weighted by Crippen LogP contribution is 2.35. The number of aromatic nitrogens is 3.